The monoisotopic (exact) mass is 753 g/mol. The lowest BCUT2D eigenvalue weighted by molar-refractivity contribution is -0.134. The number of piperidine rings is 1. The molecule has 2 aromatic carbocycles. The normalized spacial score (nSPS) is 18.5. The van der Waals surface area contributed by atoms with Crippen LogP contribution in [0.15, 0.2) is 73.2 Å². The summed E-state index contributed by atoms with van der Waals surface area (Å²) in [6.07, 6.45) is 12.5. The molecule has 0 radical (unpaired) electrons. The first-order valence-corrected chi connectivity index (χ1v) is 19.7. The van der Waals surface area contributed by atoms with Gasteiger partial charge in [0.2, 0.25) is 17.8 Å². The van der Waals surface area contributed by atoms with Crippen molar-refractivity contribution in [2.75, 3.05) is 49.5 Å². The summed E-state index contributed by atoms with van der Waals surface area (Å²) in [6, 6.07) is 19.8. The average molecular weight is 754 g/mol. The number of nitrogens with one attached hydrogen (secondary N) is 4. The van der Waals surface area contributed by atoms with Gasteiger partial charge in [0.25, 0.3) is 5.91 Å². The van der Waals surface area contributed by atoms with Crippen LogP contribution in [0.3, 0.4) is 0 Å². The van der Waals surface area contributed by atoms with E-state index >= 15 is 0 Å². The summed E-state index contributed by atoms with van der Waals surface area (Å²) in [7, 11) is 0. The Morgan fingerprint density at radius 3 is 2.50 bits per heavy atom. The molecule has 2 atom stereocenters. The van der Waals surface area contributed by atoms with Crippen molar-refractivity contribution in [3.05, 3.63) is 84.3 Å². The van der Waals surface area contributed by atoms with Gasteiger partial charge in [-0.25, -0.2) is 4.98 Å². The van der Waals surface area contributed by atoms with E-state index in [9.17, 15) is 19.6 Å². The summed E-state index contributed by atoms with van der Waals surface area (Å²) in [5, 5.41) is 23.9. The lowest BCUT2D eigenvalue weighted by atomic mass is 9.90. The number of anilines is 3. The quantitative estimate of drug-likeness (QED) is 0.0866. The van der Waals surface area contributed by atoms with Gasteiger partial charge in [-0.15, -0.1) is 0 Å². The number of nitriles is 1. The Balaban J connectivity index is 0.801. The Morgan fingerprint density at radius 2 is 1.75 bits per heavy atom. The van der Waals surface area contributed by atoms with E-state index < -0.39 is 0 Å². The minimum absolute atomic E-state index is 0.0578. The molecule has 3 fully saturated rings. The molecule has 8 rings (SSSR count). The standard InChI is InChI=1S/C42H47N11O3/c43-18-16-36(29-4-1-2-5-29)53-27-31(26-46-53)38-35-17-20-44-39(35)50-42(49-38)47-32-10-6-30(7-11-32)40(55)45-19-3-21-51-22-24-52(25-23-51)33-12-8-28(9-13-33)34-14-15-37(54)48-41(34)56/h6-13,17,20,26-27,29,34,36H,1-5,14-16,19,21-25H2,(H,45,55)(H,48,54,56)(H2,44,47,49,50). The number of aromatic amines is 1. The summed E-state index contributed by atoms with van der Waals surface area (Å²) in [5.74, 6) is 0.101. The number of aromatic nitrogens is 5. The Hall–Kier alpha value is -6.07. The summed E-state index contributed by atoms with van der Waals surface area (Å²) in [5.41, 5.74) is 5.74. The van der Waals surface area contributed by atoms with Crippen LogP contribution in [-0.4, -0.2) is 86.6 Å². The molecule has 2 aliphatic heterocycles. The van der Waals surface area contributed by atoms with E-state index in [1.807, 2.05) is 53.6 Å². The Kier molecular flexibility index (Phi) is 11.0. The van der Waals surface area contributed by atoms with Crippen LogP contribution in [0.1, 0.15) is 79.2 Å². The van der Waals surface area contributed by atoms with E-state index in [-0.39, 0.29) is 29.7 Å². The summed E-state index contributed by atoms with van der Waals surface area (Å²) >= 11 is 0. The second kappa shape index (κ2) is 16.7. The first kappa shape index (κ1) is 36.9. The predicted molar refractivity (Wildman–Crippen MR) is 213 cm³/mol. The number of amides is 3. The van der Waals surface area contributed by atoms with Crippen molar-refractivity contribution in [1.82, 2.24) is 40.3 Å². The molecule has 288 valence electrons. The third kappa shape index (κ3) is 8.28. The van der Waals surface area contributed by atoms with Crippen molar-refractivity contribution in [3.63, 3.8) is 0 Å². The van der Waals surface area contributed by atoms with Gasteiger partial charge in [-0.2, -0.15) is 15.3 Å². The van der Waals surface area contributed by atoms with Crippen LogP contribution in [-0.2, 0) is 9.59 Å². The van der Waals surface area contributed by atoms with Gasteiger partial charge in [0.1, 0.15) is 5.65 Å². The van der Waals surface area contributed by atoms with E-state index in [0.717, 1.165) is 85.6 Å². The van der Waals surface area contributed by atoms with Gasteiger partial charge in [0.05, 0.1) is 36.3 Å². The molecule has 2 saturated heterocycles. The number of benzene rings is 2. The molecular formula is C42H47N11O3. The van der Waals surface area contributed by atoms with E-state index in [1.54, 1.807) is 12.1 Å². The number of imide groups is 1. The molecule has 3 amide bonds. The van der Waals surface area contributed by atoms with Gasteiger partial charge in [-0.1, -0.05) is 25.0 Å². The molecule has 14 heteroatoms. The minimum Gasteiger partial charge on any atom is -0.369 e. The van der Waals surface area contributed by atoms with E-state index in [1.165, 1.54) is 12.8 Å². The van der Waals surface area contributed by atoms with Crippen molar-refractivity contribution in [3.8, 4) is 17.3 Å². The molecule has 5 aromatic rings. The summed E-state index contributed by atoms with van der Waals surface area (Å²) in [4.78, 5) is 54.3. The van der Waals surface area contributed by atoms with Crippen LogP contribution in [0.5, 0.6) is 0 Å². The number of carbonyl (C=O) groups excluding carboxylic acids is 3. The number of fused-ring (bicyclic) bond motifs is 1. The van der Waals surface area contributed by atoms with Gasteiger partial charge in [0.15, 0.2) is 0 Å². The van der Waals surface area contributed by atoms with Crippen molar-refractivity contribution in [2.45, 2.75) is 63.3 Å². The zero-order valence-electron chi connectivity index (χ0n) is 31.4. The lowest BCUT2D eigenvalue weighted by Crippen LogP contribution is -2.47. The summed E-state index contributed by atoms with van der Waals surface area (Å²) in [6.45, 7) is 5.18. The Bertz CT molecular complexity index is 2210. The van der Waals surface area contributed by atoms with Gasteiger partial charge in [0, 0.05) is 79.4 Å². The average Bonchev–Trinajstić information content (AvgIpc) is 4.03. The van der Waals surface area contributed by atoms with Gasteiger partial charge in [-0.3, -0.25) is 29.3 Å². The van der Waals surface area contributed by atoms with Crippen LogP contribution in [0.2, 0.25) is 0 Å². The molecule has 2 unspecified atom stereocenters. The number of H-pyrrole nitrogens is 1. The maximum absolute atomic E-state index is 13.0. The zero-order valence-corrected chi connectivity index (χ0v) is 31.4. The zero-order chi connectivity index (χ0) is 38.4. The molecule has 3 aliphatic rings. The number of rotatable bonds is 13. The van der Waals surface area contributed by atoms with Crippen LogP contribution in [0, 0.1) is 17.2 Å². The predicted octanol–water partition coefficient (Wildman–Crippen LogP) is 5.67. The van der Waals surface area contributed by atoms with Crippen LogP contribution in [0.25, 0.3) is 22.3 Å². The van der Waals surface area contributed by atoms with E-state index in [4.69, 9.17) is 4.98 Å². The van der Waals surface area contributed by atoms with Gasteiger partial charge < -0.3 is 20.5 Å². The Labute approximate surface area is 325 Å². The number of nitrogens with zero attached hydrogens (tertiary/aromatic N) is 7. The van der Waals surface area contributed by atoms with Crippen molar-refractivity contribution >= 4 is 46.1 Å². The molecule has 4 N–H and O–H groups in total. The molecule has 3 aromatic heterocycles. The molecule has 0 spiro atoms. The number of hydrogen-bond donors (Lipinski definition) is 4. The first-order chi connectivity index (χ1) is 27.4. The second-order valence-corrected chi connectivity index (χ2v) is 15.1. The molecular weight excluding hydrogens is 707 g/mol. The number of carbonyl (C=O) groups is 3. The van der Waals surface area contributed by atoms with Crippen molar-refractivity contribution < 1.29 is 14.4 Å². The van der Waals surface area contributed by atoms with E-state index in [0.29, 0.717) is 48.9 Å². The van der Waals surface area contributed by atoms with Crippen LogP contribution in [0.4, 0.5) is 17.3 Å². The highest BCUT2D eigenvalue weighted by molar-refractivity contribution is 6.01. The Morgan fingerprint density at radius 1 is 0.964 bits per heavy atom. The van der Waals surface area contributed by atoms with Crippen molar-refractivity contribution in [1.29, 1.82) is 5.26 Å². The highest BCUT2D eigenvalue weighted by Gasteiger charge is 2.29. The largest absolute Gasteiger partial charge is 0.369 e. The lowest BCUT2D eigenvalue weighted by Gasteiger charge is -2.36. The maximum atomic E-state index is 13.0. The third-order valence-electron chi connectivity index (χ3n) is 11.5. The van der Waals surface area contributed by atoms with Crippen LogP contribution >= 0.6 is 0 Å². The smallest absolute Gasteiger partial charge is 0.251 e. The topological polar surface area (TPSA) is 177 Å². The SMILES string of the molecule is N#CCC(C1CCCC1)n1cc(-c2nc(Nc3ccc(C(=O)NCCCN4CCN(c5ccc(C6CCC(=O)NC6=O)cc5)CC4)cc3)nc3[nH]ccc23)cn1. The molecule has 1 aliphatic carbocycles. The second-order valence-electron chi connectivity index (χ2n) is 15.1. The highest BCUT2D eigenvalue weighted by atomic mass is 16.2. The van der Waals surface area contributed by atoms with Crippen LogP contribution < -0.4 is 20.9 Å². The fraction of sp³-hybridized carbons (Fsp3) is 0.405. The van der Waals surface area contributed by atoms with Gasteiger partial charge >= 0.3 is 0 Å². The molecule has 14 nitrogen and oxygen atoms in total. The number of piperazine rings is 1. The number of hydrogen-bond acceptors (Lipinski definition) is 10. The van der Waals surface area contributed by atoms with E-state index in [2.05, 4.69) is 59.0 Å². The third-order valence-corrected chi connectivity index (χ3v) is 11.5. The molecule has 1 saturated carbocycles. The minimum atomic E-state index is -0.267. The molecule has 0 bridgehead atoms. The fourth-order valence-corrected chi connectivity index (χ4v) is 8.37. The first-order valence-electron chi connectivity index (χ1n) is 19.7. The fourth-order valence-electron chi connectivity index (χ4n) is 8.37. The van der Waals surface area contributed by atoms with Crippen molar-refractivity contribution in [2.24, 2.45) is 5.92 Å². The van der Waals surface area contributed by atoms with Gasteiger partial charge in [-0.05, 0) is 86.2 Å². The molecule has 56 heavy (non-hydrogen) atoms. The summed E-state index contributed by atoms with van der Waals surface area (Å²) < 4.78 is 1.95. The maximum Gasteiger partial charge on any atom is 0.251 e. The highest BCUT2D eigenvalue weighted by Crippen LogP contribution is 2.37. The molecule has 5 heterocycles.